The van der Waals surface area contributed by atoms with Crippen LogP contribution in [0.3, 0.4) is 0 Å². The van der Waals surface area contributed by atoms with Gasteiger partial charge in [-0.15, -0.1) is 0 Å². The predicted molar refractivity (Wildman–Crippen MR) is 93.5 cm³/mol. The molecule has 0 atom stereocenters. The molecule has 6 nitrogen and oxygen atoms in total. The smallest absolute Gasteiger partial charge is 0.200 e. The Bertz CT molecular complexity index is 703. The molecule has 0 fully saturated rings. The van der Waals surface area contributed by atoms with Crippen molar-refractivity contribution < 1.29 is 30.6 Å². The second kappa shape index (κ2) is 7.01. The highest BCUT2D eigenvalue weighted by Crippen LogP contribution is 2.53. The molecule has 0 spiro atoms. The van der Waals surface area contributed by atoms with E-state index in [0.717, 1.165) is 0 Å². The van der Waals surface area contributed by atoms with Crippen molar-refractivity contribution in [2.45, 2.75) is 44.9 Å². The zero-order valence-electron chi connectivity index (χ0n) is 14.3. The van der Waals surface area contributed by atoms with Gasteiger partial charge in [0.2, 0.25) is 11.5 Å². The van der Waals surface area contributed by atoms with E-state index in [0.29, 0.717) is 36.8 Å². The largest absolute Gasteiger partial charge is 0.504 e. The molecular formula is C19H24O6. The van der Waals surface area contributed by atoms with Gasteiger partial charge in [0.05, 0.1) is 0 Å². The lowest BCUT2D eigenvalue weighted by Crippen LogP contribution is -2.28. The lowest BCUT2D eigenvalue weighted by atomic mass is 9.67. The molecule has 0 saturated carbocycles. The van der Waals surface area contributed by atoms with Gasteiger partial charge in [0.1, 0.15) is 0 Å². The van der Waals surface area contributed by atoms with E-state index in [4.69, 9.17) is 0 Å². The lowest BCUT2D eigenvalue weighted by Gasteiger charge is -2.36. The van der Waals surface area contributed by atoms with Gasteiger partial charge in [-0.2, -0.15) is 0 Å². The summed E-state index contributed by atoms with van der Waals surface area (Å²) in [5, 5.41) is 60.0. The normalized spacial score (nSPS) is 11.6. The Morgan fingerprint density at radius 3 is 1.28 bits per heavy atom. The van der Waals surface area contributed by atoms with Crippen LogP contribution in [0.2, 0.25) is 0 Å². The molecular weight excluding hydrogens is 324 g/mol. The molecule has 2 rings (SSSR count). The minimum atomic E-state index is -0.909. The monoisotopic (exact) mass is 348 g/mol. The van der Waals surface area contributed by atoms with Crippen LogP contribution in [0, 0.1) is 0 Å². The zero-order valence-corrected chi connectivity index (χ0v) is 14.3. The number of hydrogen-bond donors (Lipinski definition) is 6. The highest BCUT2D eigenvalue weighted by Gasteiger charge is 2.39. The van der Waals surface area contributed by atoms with Crippen LogP contribution in [0.4, 0.5) is 0 Å². The maximum atomic E-state index is 10.4. The first-order valence-corrected chi connectivity index (χ1v) is 8.28. The summed E-state index contributed by atoms with van der Waals surface area (Å²) in [5.41, 5.74) is -0.229. The fraction of sp³-hybridized carbons (Fsp3) is 0.368. The summed E-state index contributed by atoms with van der Waals surface area (Å²) < 4.78 is 0. The van der Waals surface area contributed by atoms with Crippen molar-refractivity contribution in [3.05, 3.63) is 35.4 Å². The third-order valence-corrected chi connectivity index (χ3v) is 4.64. The molecule has 25 heavy (non-hydrogen) atoms. The van der Waals surface area contributed by atoms with E-state index in [2.05, 4.69) is 0 Å². The van der Waals surface area contributed by atoms with Crippen LogP contribution in [0.25, 0.3) is 0 Å². The highest BCUT2D eigenvalue weighted by molar-refractivity contribution is 5.63. The van der Waals surface area contributed by atoms with Crippen LogP contribution in [0.5, 0.6) is 34.5 Å². The molecule has 0 unspecified atom stereocenters. The van der Waals surface area contributed by atoms with E-state index in [1.807, 2.05) is 13.8 Å². The van der Waals surface area contributed by atoms with Gasteiger partial charge in [0.15, 0.2) is 23.0 Å². The predicted octanol–water partition coefficient (Wildman–Crippen LogP) is 3.81. The molecule has 0 saturated heterocycles. The molecule has 6 N–H and O–H groups in total. The average molecular weight is 348 g/mol. The second-order valence-corrected chi connectivity index (χ2v) is 6.24. The highest BCUT2D eigenvalue weighted by atomic mass is 16.3. The molecule has 6 heteroatoms. The van der Waals surface area contributed by atoms with Crippen LogP contribution in [-0.2, 0) is 5.41 Å². The Morgan fingerprint density at radius 2 is 0.960 bits per heavy atom. The molecule has 0 aliphatic rings. The minimum Gasteiger partial charge on any atom is -0.504 e. The number of benzene rings is 2. The van der Waals surface area contributed by atoms with Gasteiger partial charge in [0, 0.05) is 16.5 Å². The quantitative estimate of drug-likeness (QED) is 0.442. The third kappa shape index (κ3) is 2.99. The SMILES string of the molecule is CCCC(CCC)(c1ccc(O)c(O)c1O)c1ccc(O)c(O)c1O. The van der Waals surface area contributed by atoms with Crippen LogP contribution in [-0.4, -0.2) is 30.6 Å². The zero-order chi connectivity index (χ0) is 18.8. The molecule has 0 aliphatic heterocycles. The van der Waals surface area contributed by atoms with Crippen LogP contribution in [0.1, 0.15) is 50.7 Å². The molecule has 0 aliphatic carbocycles. The van der Waals surface area contributed by atoms with Crippen molar-refractivity contribution in [1.82, 2.24) is 0 Å². The van der Waals surface area contributed by atoms with Crippen LogP contribution in [0.15, 0.2) is 24.3 Å². The fourth-order valence-electron chi connectivity index (χ4n) is 3.57. The van der Waals surface area contributed by atoms with Gasteiger partial charge in [-0.3, -0.25) is 0 Å². The summed E-state index contributed by atoms with van der Waals surface area (Å²) in [5.74, 6) is -3.07. The van der Waals surface area contributed by atoms with E-state index >= 15 is 0 Å². The molecule has 2 aromatic rings. The van der Waals surface area contributed by atoms with Crippen molar-refractivity contribution in [1.29, 1.82) is 0 Å². The average Bonchev–Trinajstić information content (AvgIpc) is 2.58. The summed E-state index contributed by atoms with van der Waals surface area (Å²) in [6, 6.07) is 5.56. The molecule has 0 aromatic heterocycles. The van der Waals surface area contributed by atoms with Crippen molar-refractivity contribution in [3.63, 3.8) is 0 Å². The third-order valence-electron chi connectivity index (χ3n) is 4.64. The Balaban J connectivity index is 2.84. The number of phenols is 6. The Kier molecular flexibility index (Phi) is 5.21. The minimum absolute atomic E-state index is 0.340. The van der Waals surface area contributed by atoms with Gasteiger partial charge < -0.3 is 30.6 Å². The summed E-state index contributed by atoms with van der Waals surface area (Å²) in [6.45, 7) is 3.89. The van der Waals surface area contributed by atoms with Gasteiger partial charge in [0.25, 0.3) is 0 Å². The van der Waals surface area contributed by atoms with E-state index < -0.39 is 39.9 Å². The van der Waals surface area contributed by atoms with Crippen molar-refractivity contribution in [3.8, 4) is 34.5 Å². The lowest BCUT2D eigenvalue weighted by molar-refractivity contribution is 0.332. The number of rotatable bonds is 6. The van der Waals surface area contributed by atoms with Crippen LogP contribution >= 0.6 is 0 Å². The summed E-state index contributed by atoms with van der Waals surface area (Å²) >= 11 is 0. The summed E-state index contributed by atoms with van der Waals surface area (Å²) in [7, 11) is 0. The Hall–Kier alpha value is -2.76. The first-order valence-electron chi connectivity index (χ1n) is 8.28. The molecule has 0 radical (unpaired) electrons. The van der Waals surface area contributed by atoms with E-state index in [-0.39, 0.29) is 0 Å². The standard InChI is InChI=1S/C19H24O6/c1-3-9-19(10-4-2,11-5-7-13(20)17(24)15(11)22)12-6-8-14(21)18(25)16(12)23/h5-8,20-25H,3-4,9-10H2,1-2H3. The van der Waals surface area contributed by atoms with E-state index in [9.17, 15) is 30.6 Å². The van der Waals surface area contributed by atoms with E-state index in [1.54, 1.807) is 0 Å². The first kappa shape index (κ1) is 18.6. The molecule has 136 valence electrons. The Morgan fingerprint density at radius 1 is 0.600 bits per heavy atom. The number of phenolic OH excluding ortho intramolecular Hbond substituents is 6. The van der Waals surface area contributed by atoms with Gasteiger partial charge >= 0.3 is 0 Å². The molecule has 2 aromatic carbocycles. The fourth-order valence-corrected chi connectivity index (χ4v) is 3.57. The molecule has 0 amide bonds. The van der Waals surface area contributed by atoms with E-state index in [1.165, 1.54) is 24.3 Å². The number of aromatic hydroxyl groups is 6. The maximum Gasteiger partial charge on any atom is 0.200 e. The second-order valence-electron chi connectivity index (χ2n) is 6.24. The topological polar surface area (TPSA) is 121 Å². The maximum absolute atomic E-state index is 10.4. The summed E-state index contributed by atoms with van der Waals surface area (Å²) in [6.07, 6.45) is 2.41. The first-order chi connectivity index (χ1) is 11.8. The van der Waals surface area contributed by atoms with Gasteiger partial charge in [-0.25, -0.2) is 0 Å². The van der Waals surface area contributed by atoms with Crippen molar-refractivity contribution >= 4 is 0 Å². The summed E-state index contributed by atoms with van der Waals surface area (Å²) in [4.78, 5) is 0. The van der Waals surface area contributed by atoms with Gasteiger partial charge in [-0.05, 0) is 25.0 Å². The molecule has 0 bridgehead atoms. The van der Waals surface area contributed by atoms with Crippen molar-refractivity contribution in [2.75, 3.05) is 0 Å². The van der Waals surface area contributed by atoms with Crippen molar-refractivity contribution in [2.24, 2.45) is 0 Å². The van der Waals surface area contributed by atoms with Crippen LogP contribution < -0.4 is 0 Å². The number of hydrogen-bond acceptors (Lipinski definition) is 6. The molecule has 0 heterocycles. The Labute approximate surface area is 146 Å². The van der Waals surface area contributed by atoms with Gasteiger partial charge in [-0.1, -0.05) is 38.8 Å².